The minimum atomic E-state index is -0.175. The molecule has 0 heterocycles. The summed E-state index contributed by atoms with van der Waals surface area (Å²) in [6.45, 7) is 16.7. The van der Waals surface area contributed by atoms with Crippen molar-refractivity contribution in [3.63, 3.8) is 0 Å². The second kappa shape index (κ2) is 8.52. The number of hydrogen-bond donors (Lipinski definition) is 1. The summed E-state index contributed by atoms with van der Waals surface area (Å²) < 4.78 is 0. The number of fused-ring (bicyclic) bond motifs is 2. The first-order chi connectivity index (χ1) is 13.5. The Kier molecular flexibility index (Phi) is 6.79. The summed E-state index contributed by atoms with van der Waals surface area (Å²) in [5.41, 5.74) is 6.35. The van der Waals surface area contributed by atoms with Crippen molar-refractivity contribution in [1.82, 2.24) is 0 Å². The summed E-state index contributed by atoms with van der Waals surface area (Å²) in [5, 5.41) is 9.97. The highest BCUT2D eigenvalue weighted by molar-refractivity contribution is 5.37. The molecule has 1 saturated carbocycles. The molecule has 0 radical (unpaired) electrons. The van der Waals surface area contributed by atoms with E-state index in [1.165, 1.54) is 63.4 Å². The van der Waals surface area contributed by atoms with Crippen LogP contribution in [0.2, 0.25) is 0 Å². The van der Waals surface area contributed by atoms with E-state index in [1.807, 2.05) is 18.1 Å². The molecule has 3 aliphatic carbocycles. The van der Waals surface area contributed by atoms with Gasteiger partial charge in [0.05, 0.1) is 6.10 Å². The SMILES string of the molecule is CC(C)=CCCCC1CC[C@@]2(C)C3=C(CCC12C)C(C)(CCC(C)O)C(C)CC3. The molecule has 1 heteroatoms. The molecule has 0 aromatic carbocycles. The van der Waals surface area contributed by atoms with Crippen molar-refractivity contribution in [3.05, 3.63) is 22.8 Å². The predicted molar refractivity (Wildman–Crippen MR) is 126 cm³/mol. The van der Waals surface area contributed by atoms with E-state index < -0.39 is 0 Å². The molecular formula is C28H48O. The topological polar surface area (TPSA) is 20.2 Å². The molecule has 0 spiro atoms. The standard InChI is InChI=1S/C28H48O/c1-20(2)10-8-9-11-23-15-18-28(7)25-13-12-21(3)26(5,17-14-22(4)29)24(25)16-19-27(23,28)6/h10,21-23,29H,8-9,11-19H2,1-7H3/t21?,22?,23?,26?,27?,28-/m0/s1. The van der Waals surface area contributed by atoms with Gasteiger partial charge in [-0.25, -0.2) is 0 Å². The Bertz CT molecular complexity index is 651. The van der Waals surface area contributed by atoms with Crippen molar-refractivity contribution in [2.24, 2.45) is 28.1 Å². The lowest BCUT2D eigenvalue weighted by Gasteiger charge is -2.57. The van der Waals surface area contributed by atoms with E-state index in [1.54, 1.807) is 0 Å². The quantitative estimate of drug-likeness (QED) is 0.337. The van der Waals surface area contributed by atoms with Gasteiger partial charge in [0.25, 0.3) is 0 Å². The summed E-state index contributed by atoms with van der Waals surface area (Å²) in [7, 11) is 0. The molecule has 1 fully saturated rings. The lowest BCUT2D eigenvalue weighted by molar-refractivity contribution is 0.0411. The Morgan fingerprint density at radius 2 is 1.83 bits per heavy atom. The molecule has 3 aliphatic rings. The van der Waals surface area contributed by atoms with Crippen LogP contribution >= 0.6 is 0 Å². The molecule has 0 bridgehead atoms. The molecule has 0 aliphatic heterocycles. The second-order valence-electron chi connectivity index (χ2n) is 11.9. The zero-order valence-electron chi connectivity index (χ0n) is 20.5. The van der Waals surface area contributed by atoms with Crippen molar-refractivity contribution >= 4 is 0 Å². The fourth-order valence-electron chi connectivity index (χ4n) is 7.52. The van der Waals surface area contributed by atoms with Crippen LogP contribution in [0.4, 0.5) is 0 Å². The summed E-state index contributed by atoms with van der Waals surface area (Å²) in [4.78, 5) is 0. The summed E-state index contributed by atoms with van der Waals surface area (Å²) >= 11 is 0. The zero-order valence-corrected chi connectivity index (χ0v) is 20.5. The lowest BCUT2D eigenvalue weighted by atomic mass is 9.48. The van der Waals surface area contributed by atoms with E-state index in [-0.39, 0.29) is 6.10 Å². The third-order valence-electron chi connectivity index (χ3n) is 10.1. The van der Waals surface area contributed by atoms with Gasteiger partial charge >= 0.3 is 0 Å². The predicted octanol–water partition coefficient (Wildman–Crippen LogP) is 8.23. The molecule has 5 unspecified atom stereocenters. The minimum absolute atomic E-state index is 0.175. The molecule has 0 aromatic heterocycles. The van der Waals surface area contributed by atoms with Gasteiger partial charge in [-0.15, -0.1) is 0 Å². The van der Waals surface area contributed by atoms with Gasteiger partial charge in [-0.2, -0.15) is 0 Å². The van der Waals surface area contributed by atoms with Gasteiger partial charge in [-0.1, -0.05) is 50.5 Å². The van der Waals surface area contributed by atoms with Crippen LogP contribution in [0, 0.1) is 28.1 Å². The Hall–Kier alpha value is -0.560. The van der Waals surface area contributed by atoms with Crippen molar-refractivity contribution in [2.45, 2.75) is 125 Å². The summed E-state index contributed by atoms with van der Waals surface area (Å²) in [5.74, 6) is 1.64. The lowest BCUT2D eigenvalue weighted by Crippen LogP contribution is -2.46. The van der Waals surface area contributed by atoms with Gasteiger partial charge in [-0.3, -0.25) is 0 Å². The van der Waals surface area contributed by atoms with Gasteiger partial charge < -0.3 is 5.11 Å². The third-order valence-corrected chi connectivity index (χ3v) is 10.1. The first kappa shape index (κ1) is 23.1. The number of unbranched alkanes of at least 4 members (excludes halogenated alkanes) is 1. The molecular weight excluding hydrogens is 352 g/mol. The van der Waals surface area contributed by atoms with E-state index in [2.05, 4.69) is 47.6 Å². The largest absolute Gasteiger partial charge is 0.393 e. The van der Waals surface area contributed by atoms with Gasteiger partial charge in [0.15, 0.2) is 0 Å². The van der Waals surface area contributed by atoms with Gasteiger partial charge in [0.2, 0.25) is 0 Å². The highest BCUT2D eigenvalue weighted by Crippen LogP contribution is 2.70. The molecule has 0 aromatic rings. The summed E-state index contributed by atoms with van der Waals surface area (Å²) in [6.07, 6.45) is 16.6. The number of rotatable bonds is 7. The highest BCUT2D eigenvalue weighted by Gasteiger charge is 2.59. The zero-order chi connectivity index (χ0) is 21.4. The Balaban J connectivity index is 1.85. The van der Waals surface area contributed by atoms with E-state index >= 15 is 0 Å². The van der Waals surface area contributed by atoms with Crippen LogP contribution in [-0.2, 0) is 0 Å². The minimum Gasteiger partial charge on any atom is -0.393 e. The fraction of sp³-hybridized carbons (Fsp3) is 0.857. The number of allylic oxidation sites excluding steroid dienone is 4. The van der Waals surface area contributed by atoms with Crippen molar-refractivity contribution in [3.8, 4) is 0 Å². The molecule has 1 nitrogen and oxygen atoms in total. The van der Waals surface area contributed by atoms with Crippen molar-refractivity contribution in [2.75, 3.05) is 0 Å². The van der Waals surface area contributed by atoms with Crippen molar-refractivity contribution in [1.29, 1.82) is 0 Å². The Morgan fingerprint density at radius 1 is 1.10 bits per heavy atom. The van der Waals surface area contributed by atoms with Crippen LogP contribution in [0.25, 0.3) is 0 Å². The van der Waals surface area contributed by atoms with Gasteiger partial charge in [-0.05, 0) is 119 Å². The van der Waals surface area contributed by atoms with E-state index in [4.69, 9.17) is 0 Å². The Morgan fingerprint density at radius 3 is 2.48 bits per heavy atom. The van der Waals surface area contributed by atoms with Crippen LogP contribution in [0.1, 0.15) is 119 Å². The molecule has 1 N–H and O–H groups in total. The maximum Gasteiger partial charge on any atom is 0.0512 e. The second-order valence-corrected chi connectivity index (χ2v) is 11.9. The number of hydrogen-bond acceptors (Lipinski definition) is 1. The maximum atomic E-state index is 9.97. The molecule has 29 heavy (non-hydrogen) atoms. The van der Waals surface area contributed by atoms with Crippen LogP contribution < -0.4 is 0 Å². The van der Waals surface area contributed by atoms with Crippen LogP contribution in [0.5, 0.6) is 0 Å². The van der Waals surface area contributed by atoms with Crippen molar-refractivity contribution < 1.29 is 5.11 Å². The average molecular weight is 401 g/mol. The first-order valence-corrected chi connectivity index (χ1v) is 12.6. The molecule has 0 amide bonds. The molecule has 6 atom stereocenters. The van der Waals surface area contributed by atoms with E-state index in [9.17, 15) is 5.11 Å². The van der Waals surface area contributed by atoms with E-state index in [0.717, 1.165) is 24.7 Å². The fourth-order valence-corrected chi connectivity index (χ4v) is 7.52. The summed E-state index contributed by atoms with van der Waals surface area (Å²) in [6, 6.07) is 0. The smallest absolute Gasteiger partial charge is 0.0512 e. The first-order valence-electron chi connectivity index (χ1n) is 12.6. The number of aliphatic hydroxyl groups is 1. The highest BCUT2D eigenvalue weighted by atomic mass is 16.3. The Labute approximate surface area is 181 Å². The maximum absolute atomic E-state index is 9.97. The monoisotopic (exact) mass is 400 g/mol. The van der Waals surface area contributed by atoms with Gasteiger partial charge in [0, 0.05) is 0 Å². The molecule has 3 rings (SSSR count). The van der Waals surface area contributed by atoms with Crippen LogP contribution in [-0.4, -0.2) is 11.2 Å². The van der Waals surface area contributed by atoms with Crippen LogP contribution in [0.15, 0.2) is 22.8 Å². The molecule has 166 valence electrons. The van der Waals surface area contributed by atoms with Gasteiger partial charge in [0.1, 0.15) is 0 Å². The normalized spacial score (nSPS) is 40.4. The number of aliphatic hydroxyl groups excluding tert-OH is 1. The third kappa shape index (κ3) is 4.02. The molecule has 0 saturated heterocycles. The van der Waals surface area contributed by atoms with E-state index in [0.29, 0.717) is 16.2 Å². The van der Waals surface area contributed by atoms with Crippen LogP contribution in [0.3, 0.4) is 0 Å². The average Bonchev–Trinajstić information content (AvgIpc) is 2.91.